The SMILES string of the molecule is CC.COc1ccccc1OC(C)=O. The second-order valence-electron chi connectivity index (χ2n) is 2.24. The summed E-state index contributed by atoms with van der Waals surface area (Å²) in [5.74, 6) is 0.666. The Morgan fingerprint density at radius 2 is 1.64 bits per heavy atom. The van der Waals surface area contributed by atoms with Crippen LogP contribution in [0.3, 0.4) is 0 Å². The zero-order chi connectivity index (χ0) is 11.0. The van der Waals surface area contributed by atoms with E-state index in [0.717, 1.165) is 0 Å². The molecule has 0 saturated heterocycles. The van der Waals surface area contributed by atoms with Gasteiger partial charge >= 0.3 is 5.97 Å². The van der Waals surface area contributed by atoms with Crippen LogP contribution < -0.4 is 9.47 Å². The standard InChI is InChI=1S/C9H10O3.C2H6/c1-7(10)12-9-6-4-3-5-8(9)11-2;1-2/h3-6H,1-2H3;1-2H3. The molecular weight excluding hydrogens is 180 g/mol. The lowest BCUT2D eigenvalue weighted by Crippen LogP contribution is -2.02. The zero-order valence-electron chi connectivity index (χ0n) is 9.03. The summed E-state index contributed by atoms with van der Waals surface area (Å²) in [5, 5.41) is 0. The van der Waals surface area contributed by atoms with Crippen LogP contribution in [0.15, 0.2) is 24.3 Å². The average Bonchev–Trinajstić information content (AvgIpc) is 2.21. The predicted molar refractivity (Wildman–Crippen MR) is 55.7 cm³/mol. The maximum Gasteiger partial charge on any atom is 0.308 e. The van der Waals surface area contributed by atoms with E-state index in [4.69, 9.17) is 9.47 Å². The Kier molecular flexibility index (Phi) is 6.20. The second-order valence-corrected chi connectivity index (χ2v) is 2.24. The minimum atomic E-state index is -0.348. The molecule has 3 nitrogen and oxygen atoms in total. The lowest BCUT2D eigenvalue weighted by molar-refractivity contribution is -0.132. The van der Waals surface area contributed by atoms with Crippen LogP contribution in [-0.4, -0.2) is 13.1 Å². The molecule has 0 N–H and O–H groups in total. The van der Waals surface area contributed by atoms with Crippen molar-refractivity contribution < 1.29 is 14.3 Å². The minimum Gasteiger partial charge on any atom is -0.493 e. The summed E-state index contributed by atoms with van der Waals surface area (Å²) in [6, 6.07) is 7.01. The molecule has 0 aliphatic carbocycles. The summed E-state index contributed by atoms with van der Waals surface area (Å²) >= 11 is 0. The largest absolute Gasteiger partial charge is 0.493 e. The van der Waals surface area contributed by atoms with Crippen LogP contribution in [0.25, 0.3) is 0 Å². The molecule has 0 atom stereocenters. The first-order valence-electron chi connectivity index (χ1n) is 4.55. The number of rotatable bonds is 2. The highest BCUT2D eigenvalue weighted by atomic mass is 16.6. The molecule has 3 heteroatoms. The van der Waals surface area contributed by atoms with Gasteiger partial charge in [-0.1, -0.05) is 26.0 Å². The third-order valence-electron chi connectivity index (χ3n) is 1.32. The Labute approximate surface area is 84.7 Å². The van der Waals surface area contributed by atoms with E-state index in [1.54, 1.807) is 18.2 Å². The highest BCUT2D eigenvalue weighted by Gasteiger charge is 2.03. The molecule has 0 heterocycles. The van der Waals surface area contributed by atoms with Gasteiger partial charge in [-0.3, -0.25) is 4.79 Å². The van der Waals surface area contributed by atoms with Crippen LogP contribution in [0.1, 0.15) is 20.8 Å². The summed E-state index contributed by atoms with van der Waals surface area (Å²) in [7, 11) is 1.53. The van der Waals surface area contributed by atoms with Gasteiger partial charge < -0.3 is 9.47 Å². The van der Waals surface area contributed by atoms with Gasteiger partial charge in [0.1, 0.15) is 0 Å². The highest BCUT2D eigenvalue weighted by Crippen LogP contribution is 2.25. The summed E-state index contributed by atoms with van der Waals surface area (Å²) < 4.78 is 9.84. The van der Waals surface area contributed by atoms with Crippen LogP contribution in [0.4, 0.5) is 0 Å². The van der Waals surface area contributed by atoms with Gasteiger partial charge in [-0.15, -0.1) is 0 Å². The van der Waals surface area contributed by atoms with Gasteiger partial charge in [-0.05, 0) is 12.1 Å². The molecule has 0 aromatic heterocycles. The molecule has 0 saturated carbocycles. The van der Waals surface area contributed by atoms with Crippen LogP contribution in [0.2, 0.25) is 0 Å². The van der Waals surface area contributed by atoms with Crippen molar-refractivity contribution >= 4 is 5.97 Å². The Balaban J connectivity index is 0.000000791. The van der Waals surface area contributed by atoms with Crippen molar-refractivity contribution in [1.82, 2.24) is 0 Å². The van der Waals surface area contributed by atoms with Crippen molar-refractivity contribution in [2.24, 2.45) is 0 Å². The molecule has 14 heavy (non-hydrogen) atoms. The van der Waals surface area contributed by atoms with E-state index < -0.39 is 0 Å². The van der Waals surface area contributed by atoms with E-state index in [0.29, 0.717) is 11.5 Å². The van der Waals surface area contributed by atoms with Gasteiger partial charge in [0.2, 0.25) is 0 Å². The number of hydrogen-bond acceptors (Lipinski definition) is 3. The predicted octanol–water partition coefficient (Wildman–Crippen LogP) is 2.65. The van der Waals surface area contributed by atoms with Gasteiger partial charge in [0.25, 0.3) is 0 Å². The van der Waals surface area contributed by atoms with E-state index in [9.17, 15) is 4.79 Å². The number of carbonyl (C=O) groups excluding carboxylic acids is 1. The molecule has 0 aliphatic heterocycles. The van der Waals surface area contributed by atoms with E-state index in [-0.39, 0.29) is 5.97 Å². The maximum atomic E-state index is 10.6. The van der Waals surface area contributed by atoms with Gasteiger partial charge in [0.05, 0.1) is 7.11 Å². The van der Waals surface area contributed by atoms with Crippen molar-refractivity contribution in [2.45, 2.75) is 20.8 Å². The van der Waals surface area contributed by atoms with Crippen molar-refractivity contribution in [3.05, 3.63) is 24.3 Å². The van der Waals surface area contributed by atoms with E-state index >= 15 is 0 Å². The molecule has 0 unspecified atom stereocenters. The first kappa shape index (κ1) is 12.5. The van der Waals surface area contributed by atoms with Crippen molar-refractivity contribution in [3.8, 4) is 11.5 Å². The molecule has 78 valence electrons. The van der Waals surface area contributed by atoms with Gasteiger partial charge in [0.15, 0.2) is 11.5 Å². The number of esters is 1. The Morgan fingerprint density at radius 1 is 1.14 bits per heavy atom. The average molecular weight is 196 g/mol. The number of hydrogen-bond donors (Lipinski definition) is 0. The van der Waals surface area contributed by atoms with Crippen LogP contribution >= 0.6 is 0 Å². The first-order valence-corrected chi connectivity index (χ1v) is 4.55. The summed E-state index contributed by atoms with van der Waals surface area (Å²) in [5.41, 5.74) is 0. The minimum absolute atomic E-state index is 0.348. The van der Waals surface area contributed by atoms with Crippen LogP contribution in [0, 0.1) is 0 Å². The van der Waals surface area contributed by atoms with E-state index in [2.05, 4.69) is 0 Å². The van der Waals surface area contributed by atoms with Gasteiger partial charge in [-0.25, -0.2) is 0 Å². The monoisotopic (exact) mass is 196 g/mol. The summed E-state index contributed by atoms with van der Waals surface area (Å²) in [6.45, 7) is 5.35. The van der Waals surface area contributed by atoms with Gasteiger partial charge in [0, 0.05) is 6.92 Å². The lowest BCUT2D eigenvalue weighted by atomic mass is 10.3. The Hall–Kier alpha value is -1.51. The normalized spacial score (nSPS) is 8.29. The van der Waals surface area contributed by atoms with Crippen molar-refractivity contribution in [1.29, 1.82) is 0 Å². The fraction of sp³-hybridized carbons (Fsp3) is 0.364. The summed E-state index contributed by atoms with van der Waals surface area (Å²) in [4.78, 5) is 10.6. The van der Waals surface area contributed by atoms with E-state index in [1.165, 1.54) is 14.0 Å². The van der Waals surface area contributed by atoms with Crippen molar-refractivity contribution in [2.75, 3.05) is 7.11 Å². The molecule has 0 fully saturated rings. The highest BCUT2D eigenvalue weighted by molar-refractivity contribution is 5.70. The second kappa shape index (κ2) is 6.95. The quantitative estimate of drug-likeness (QED) is 0.539. The number of benzene rings is 1. The fourth-order valence-electron chi connectivity index (χ4n) is 0.858. The molecule has 0 aliphatic rings. The van der Waals surface area contributed by atoms with E-state index in [1.807, 2.05) is 19.9 Å². The van der Waals surface area contributed by atoms with Crippen LogP contribution in [0.5, 0.6) is 11.5 Å². The third-order valence-corrected chi connectivity index (χ3v) is 1.32. The molecule has 1 rings (SSSR count). The molecular formula is C11H16O3. The Morgan fingerprint density at radius 3 is 2.07 bits per heavy atom. The number of carbonyl (C=O) groups is 1. The number of methoxy groups -OCH3 is 1. The number of para-hydroxylation sites is 2. The molecule has 1 aromatic rings. The molecule has 1 aromatic carbocycles. The zero-order valence-corrected chi connectivity index (χ0v) is 9.03. The topological polar surface area (TPSA) is 35.5 Å². The lowest BCUT2D eigenvalue weighted by Gasteiger charge is -2.05. The number of ether oxygens (including phenoxy) is 2. The fourth-order valence-corrected chi connectivity index (χ4v) is 0.858. The molecule has 0 spiro atoms. The van der Waals surface area contributed by atoms with Crippen molar-refractivity contribution in [3.63, 3.8) is 0 Å². The molecule has 0 amide bonds. The van der Waals surface area contributed by atoms with Crippen LogP contribution in [-0.2, 0) is 4.79 Å². The Bertz CT molecular complexity index is 282. The maximum absolute atomic E-state index is 10.6. The molecule has 0 radical (unpaired) electrons. The van der Waals surface area contributed by atoms with Gasteiger partial charge in [-0.2, -0.15) is 0 Å². The summed E-state index contributed by atoms with van der Waals surface area (Å²) in [6.07, 6.45) is 0. The third kappa shape index (κ3) is 3.94. The first-order chi connectivity index (χ1) is 6.74. The smallest absolute Gasteiger partial charge is 0.308 e. The molecule has 0 bridgehead atoms.